The fourth-order valence-electron chi connectivity index (χ4n) is 4.92. The summed E-state index contributed by atoms with van der Waals surface area (Å²) in [5.74, 6) is 0.0974. The molecule has 15 nitrogen and oxygen atoms in total. The SMILES string of the molecule is Cc1c(Cl)ccc(OC(C)C(=O)Nc2ccccc2)c1Cl.O=C(OCCOc1ccc(Cl)cc1Cl)c1ccccc1.O=[N+]([O-])c1ccc(O/N=C/c2cc(Br)c(O)c(Br)c2)c([N+](=O)[O-])c1. The van der Waals surface area contributed by atoms with Crippen LogP contribution < -0.4 is 19.6 Å². The predicted molar refractivity (Wildman–Crippen MR) is 257 cm³/mol. The van der Waals surface area contributed by atoms with E-state index in [1.807, 2.05) is 36.4 Å². The van der Waals surface area contributed by atoms with Crippen LogP contribution in [0.5, 0.6) is 23.0 Å². The number of amides is 1. The van der Waals surface area contributed by atoms with Crippen molar-refractivity contribution in [3.8, 4) is 23.0 Å². The molecule has 0 bridgehead atoms. The van der Waals surface area contributed by atoms with Crippen LogP contribution >= 0.6 is 78.3 Å². The molecule has 0 aliphatic rings. The number of rotatable bonds is 14. The molecule has 6 rings (SSSR count). The number of ether oxygens (including phenoxy) is 3. The van der Waals surface area contributed by atoms with Gasteiger partial charge in [-0.2, -0.15) is 0 Å². The van der Waals surface area contributed by atoms with Crippen LogP contribution in [0, 0.1) is 27.2 Å². The van der Waals surface area contributed by atoms with E-state index in [1.165, 1.54) is 6.21 Å². The van der Waals surface area contributed by atoms with Gasteiger partial charge in [0.25, 0.3) is 11.6 Å². The van der Waals surface area contributed by atoms with E-state index in [0.29, 0.717) is 51.7 Å². The molecule has 0 radical (unpaired) electrons. The number of oxime groups is 1. The van der Waals surface area contributed by atoms with Crippen molar-refractivity contribution in [1.29, 1.82) is 0 Å². The lowest BCUT2D eigenvalue weighted by molar-refractivity contribution is -0.394. The minimum absolute atomic E-state index is 0.0130. The molecule has 21 heteroatoms. The lowest BCUT2D eigenvalue weighted by Crippen LogP contribution is -2.30. The van der Waals surface area contributed by atoms with Crippen LogP contribution in [0.3, 0.4) is 0 Å². The number of hydrogen-bond acceptors (Lipinski definition) is 12. The Labute approximate surface area is 408 Å². The van der Waals surface area contributed by atoms with Crippen molar-refractivity contribution >= 4 is 113 Å². The number of benzene rings is 6. The van der Waals surface area contributed by atoms with Crippen molar-refractivity contribution in [1.82, 2.24) is 0 Å². The van der Waals surface area contributed by atoms with Crippen LogP contribution in [0.25, 0.3) is 0 Å². The summed E-state index contributed by atoms with van der Waals surface area (Å²) in [6.45, 7) is 3.83. The highest BCUT2D eigenvalue weighted by Crippen LogP contribution is 2.35. The first-order valence-electron chi connectivity index (χ1n) is 18.5. The summed E-state index contributed by atoms with van der Waals surface area (Å²) in [7, 11) is 0. The van der Waals surface area contributed by atoms with Crippen LogP contribution in [-0.4, -0.2) is 52.4 Å². The van der Waals surface area contributed by atoms with Gasteiger partial charge in [0, 0.05) is 21.8 Å². The maximum absolute atomic E-state index is 12.1. The lowest BCUT2D eigenvalue weighted by atomic mass is 10.2. The third-order valence-corrected chi connectivity index (χ3v) is 10.8. The van der Waals surface area contributed by atoms with Gasteiger partial charge in [-0.25, -0.2) is 4.79 Å². The summed E-state index contributed by atoms with van der Waals surface area (Å²) in [6, 6.07) is 32.3. The van der Waals surface area contributed by atoms with Crippen molar-refractivity contribution in [2.24, 2.45) is 5.16 Å². The summed E-state index contributed by atoms with van der Waals surface area (Å²) in [5.41, 5.74) is 1.50. The van der Waals surface area contributed by atoms with Crippen molar-refractivity contribution in [3.63, 3.8) is 0 Å². The number of non-ortho nitro benzene ring substituents is 1. The fourth-order valence-corrected chi connectivity index (χ4v) is 7.02. The van der Waals surface area contributed by atoms with Gasteiger partial charge in [-0.15, -0.1) is 0 Å². The number of phenolic OH excluding ortho intramolecular Hbond substituents is 1. The first-order chi connectivity index (χ1) is 30.9. The van der Waals surface area contributed by atoms with Crippen molar-refractivity contribution in [2.45, 2.75) is 20.0 Å². The van der Waals surface area contributed by atoms with E-state index in [0.717, 1.165) is 29.4 Å². The average molecular weight is 1100 g/mol. The minimum Gasteiger partial charge on any atom is -0.506 e. The quantitative estimate of drug-likeness (QED) is 0.0345. The molecule has 0 heterocycles. The van der Waals surface area contributed by atoms with Gasteiger partial charge in [-0.1, -0.05) is 88.0 Å². The van der Waals surface area contributed by atoms with Crippen LogP contribution in [0.4, 0.5) is 17.1 Å². The molecule has 0 aliphatic carbocycles. The van der Waals surface area contributed by atoms with Gasteiger partial charge >= 0.3 is 11.7 Å². The molecule has 6 aromatic carbocycles. The molecule has 338 valence electrons. The highest BCUT2D eigenvalue weighted by Gasteiger charge is 2.21. The first kappa shape index (κ1) is 51.7. The molecule has 0 aliphatic heterocycles. The van der Waals surface area contributed by atoms with Gasteiger partial charge in [0.1, 0.15) is 30.5 Å². The normalized spacial score (nSPS) is 10.9. The lowest BCUT2D eigenvalue weighted by Gasteiger charge is -2.16. The molecule has 1 atom stereocenters. The van der Waals surface area contributed by atoms with Gasteiger partial charge in [-0.05, 0) is 130 Å². The number of nitro benzene ring substituents is 2. The summed E-state index contributed by atoms with van der Waals surface area (Å²) < 4.78 is 16.9. The molecule has 0 spiro atoms. The zero-order valence-electron chi connectivity index (χ0n) is 33.8. The number of nitro groups is 2. The molecule has 0 fully saturated rings. The summed E-state index contributed by atoms with van der Waals surface area (Å²) >= 11 is 30.2. The highest BCUT2D eigenvalue weighted by molar-refractivity contribution is 9.11. The smallest absolute Gasteiger partial charge is 0.338 e. The number of carbonyl (C=O) groups is 2. The van der Waals surface area contributed by atoms with Crippen LogP contribution in [-0.2, 0) is 9.53 Å². The summed E-state index contributed by atoms with van der Waals surface area (Å²) in [4.78, 5) is 48.8. The van der Waals surface area contributed by atoms with Crippen LogP contribution in [0.15, 0.2) is 135 Å². The summed E-state index contributed by atoms with van der Waals surface area (Å²) in [6.07, 6.45) is 0.586. The number of hydrogen-bond donors (Lipinski definition) is 2. The largest absolute Gasteiger partial charge is 0.506 e. The van der Waals surface area contributed by atoms with Gasteiger partial charge in [-0.3, -0.25) is 25.0 Å². The number of phenols is 1. The maximum atomic E-state index is 12.1. The Bertz CT molecular complexity index is 2640. The fraction of sp³-hybridized carbons (Fsp3) is 0.114. The number of esters is 1. The molecular formula is C44H34Br2Cl4N4O11. The van der Waals surface area contributed by atoms with Crippen molar-refractivity contribution in [3.05, 3.63) is 187 Å². The Morgan fingerprint density at radius 3 is 2.02 bits per heavy atom. The van der Waals surface area contributed by atoms with E-state index in [4.69, 9.17) is 65.5 Å². The molecule has 0 aromatic heterocycles. The molecule has 1 unspecified atom stereocenters. The maximum Gasteiger partial charge on any atom is 0.338 e. The molecule has 1 amide bonds. The van der Waals surface area contributed by atoms with E-state index < -0.39 is 27.3 Å². The second-order valence-corrected chi connectivity index (χ2v) is 16.2. The Morgan fingerprint density at radius 1 is 0.785 bits per heavy atom. The molecule has 0 saturated heterocycles. The molecule has 0 saturated carbocycles. The number of nitrogens with zero attached hydrogens (tertiary/aromatic N) is 3. The van der Waals surface area contributed by atoms with Crippen LogP contribution in [0.2, 0.25) is 20.1 Å². The minimum atomic E-state index is -0.800. The number of aromatic hydroxyl groups is 1. The Balaban J connectivity index is 0.000000214. The number of halogens is 6. The first-order valence-corrected chi connectivity index (χ1v) is 21.6. The molecule has 6 aromatic rings. The van der Waals surface area contributed by atoms with E-state index in [-0.39, 0.29) is 36.6 Å². The third-order valence-electron chi connectivity index (χ3n) is 8.22. The van der Waals surface area contributed by atoms with Gasteiger partial charge in [0.15, 0.2) is 6.10 Å². The zero-order valence-corrected chi connectivity index (χ0v) is 40.0. The number of nitrogens with one attached hydrogen (secondary N) is 1. The topological polar surface area (TPSA) is 202 Å². The second kappa shape index (κ2) is 25.5. The van der Waals surface area contributed by atoms with E-state index in [1.54, 1.807) is 80.6 Å². The monoisotopic (exact) mass is 1090 g/mol. The van der Waals surface area contributed by atoms with E-state index in [9.17, 15) is 34.9 Å². The average Bonchev–Trinajstić information content (AvgIpc) is 3.28. The summed E-state index contributed by atoms with van der Waals surface area (Å²) in [5, 5.41) is 39.6. The van der Waals surface area contributed by atoms with E-state index >= 15 is 0 Å². The van der Waals surface area contributed by atoms with Crippen LogP contribution in [0.1, 0.15) is 28.4 Å². The Hall–Kier alpha value is -5.95. The number of para-hydroxylation sites is 1. The molecule has 65 heavy (non-hydrogen) atoms. The number of anilines is 1. The number of carbonyl (C=O) groups excluding carboxylic acids is 2. The Kier molecular flexibility index (Phi) is 20.3. The standard InChI is InChI=1S/C16H15Cl2NO2.C15H12Cl2O3.C13H7Br2N3O6/c1-10-13(17)8-9-14(15(10)18)21-11(2)16(20)19-12-6-4-3-5-7-12;16-12-6-7-14(13(17)10-12)19-8-9-20-15(18)11-4-2-1-3-5-11;14-9-3-7(4-10(15)13(9)19)6-16-24-12-2-1-8(17(20)21)5-11(12)18(22)23/h3-9,11H,1-2H3,(H,19,20);1-7,10H,8-9H2;1-6,19H/b;;16-6+. The van der Waals surface area contributed by atoms with Crippen molar-refractivity contribution < 1.29 is 43.6 Å². The van der Waals surface area contributed by atoms with Gasteiger partial charge in [0.2, 0.25) is 5.75 Å². The molecule has 2 N–H and O–H groups in total. The van der Waals surface area contributed by atoms with E-state index in [2.05, 4.69) is 42.3 Å². The highest BCUT2D eigenvalue weighted by atomic mass is 79.9. The molecular weight excluding hydrogens is 1060 g/mol. The predicted octanol–water partition coefficient (Wildman–Crippen LogP) is 13.1. The van der Waals surface area contributed by atoms with Gasteiger partial charge in [0.05, 0.1) is 46.7 Å². The third kappa shape index (κ3) is 16.2. The van der Waals surface area contributed by atoms with Crippen molar-refractivity contribution in [2.75, 3.05) is 18.5 Å². The zero-order chi connectivity index (χ0) is 47.6. The van der Waals surface area contributed by atoms with Gasteiger partial charge < -0.3 is 29.5 Å². The Morgan fingerprint density at radius 2 is 1.40 bits per heavy atom. The second-order valence-electron chi connectivity index (χ2n) is 12.9.